The maximum absolute atomic E-state index is 5.51. The number of para-hydroxylation sites is 1. The molecule has 0 bridgehead atoms. The number of likely N-dealkylation sites (N-methyl/N-ethyl adjacent to an activating group) is 1. The van der Waals surface area contributed by atoms with Crippen LogP contribution in [-0.4, -0.2) is 61.3 Å². The average Bonchev–Trinajstić information content (AvgIpc) is 3.36. The van der Waals surface area contributed by atoms with Crippen LogP contribution in [0.5, 0.6) is 0 Å². The molecule has 0 radical (unpaired) electrons. The number of benzene rings is 3. The molecule has 178 valence electrons. The van der Waals surface area contributed by atoms with Crippen LogP contribution in [0, 0.1) is 0 Å². The zero-order valence-electron chi connectivity index (χ0n) is 20.3. The molecule has 3 aromatic carbocycles. The van der Waals surface area contributed by atoms with E-state index < -0.39 is 0 Å². The molecule has 0 N–H and O–H groups in total. The number of allylic oxidation sites excluding steroid dienone is 2. The molecule has 0 unspecified atom stereocenters. The van der Waals surface area contributed by atoms with Crippen molar-refractivity contribution < 1.29 is 4.52 Å². The van der Waals surface area contributed by atoms with Crippen LogP contribution in [0.3, 0.4) is 0 Å². The highest BCUT2D eigenvalue weighted by atomic mass is 16.5. The van der Waals surface area contributed by atoms with Gasteiger partial charge in [0.1, 0.15) is 0 Å². The molecule has 35 heavy (non-hydrogen) atoms. The van der Waals surface area contributed by atoms with E-state index in [2.05, 4.69) is 100 Å². The SMILES string of the molecule is C=C(/C=C(/c1ccccc1)N(C)CCN1CCN(c2noc3ccccc23)CC1)c1ccccc1. The van der Waals surface area contributed by atoms with Crippen molar-refractivity contribution in [3.8, 4) is 0 Å². The zero-order chi connectivity index (χ0) is 24.0. The lowest BCUT2D eigenvalue weighted by Crippen LogP contribution is -2.48. The summed E-state index contributed by atoms with van der Waals surface area (Å²) in [4.78, 5) is 7.22. The van der Waals surface area contributed by atoms with Gasteiger partial charge in [0.25, 0.3) is 0 Å². The summed E-state index contributed by atoms with van der Waals surface area (Å²) in [5.74, 6) is 0.964. The Labute approximate surface area is 207 Å². The van der Waals surface area contributed by atoms with Crippen LogP contribution in [-0.2, 0) is 0 Å². The maximum Gasteiger partial charge on any atom is 0.180 e. The van der Waals surface area contributed by atoms with Gasteiger partial charge >= 0.3 is 0 Å². The second-order valence-corrected chi connectivity index (χ2v) is 9.04. The minimum atomic E-state index is 0.851. The number of hydrogen-bond acceptors (Lipinski definition) is 5. The molecule has 1 aliphatic rings. The van der Waals surface area contributed by atoms with Gasteiger partial charge in [-0.1, -0.05) is 84.5 Å². The predicted octanol–water partition coefficient (Wildman–Crippen LogP) is 5.64. The Morgan fingerprint density at radius 2 is 1.51 bits per heavy atom. The lowest BCUT2D eigenvalue weighted by Gasteiger charge is -2.36. The largest absolute Gasteiger partial charge is 0.373 e. The number of nitrogens with zero attached hydrogens (tertiary/aromatic N) is 4. The molecule has 5 rings (SSSR count). The molecule has 1 saturated heterocycles. The molecule has 0 amide bonds. The first-order valence-electron chi connectivity index (χ1n) is 12.2. The van der Waals surface area contributed by atoms with E-state index in [0.29, 0.717) is 0 Å². The molecule has 1 fully saturated rings. The first-order chi connectivity index (χ1) is 17.2. The lowest BCUT2D eigenvalue weighted by molar-refractivity contribution is 0.238. The summed E-state index contributed by atoms with van der Waals surface area (Å²) in [6, 6.07) is 29.0. The van der Waals surface area contributed by atoms with Crippen LogP contribution in [0.4, 0.5) is 5.82 Å². The quantitative estimate of drug-likeness (QED) is 0.316. The van der Waals surface area contributed by atoms with Crippen LogP contribution in [0.2, 0.25) is 0 Å². The molecule has 5 heteroatoms. The molecule has 0 saturated carbocycles. The first kappa shape index (κ1) is 22.9. The van der Waals surface area contributed by atoms with Gasteiger partial charge < -0.3 is 14.3 Å². The second-order valence-electron chi connectivity index (χ2n) is 9.04. The number of aromatic nitrogens is 1. The number of rotatable bonds is 8. The number of hydrogen-bond donors (Lipinski definition) is 0. The molecule has 1 aromatic heterocycles. The van der Waals surface area contributed by atoms with Crippen LogP contribution in [0.1, 0.15) is 11.1 Å². The Balaban J connectivity index is 1.23. The van der Waals surface area contributed by atoms with Crippen LogP contribution >= 0.6 is 0 Å². The standard InChI is InChI=1S/C30H32N4O/c1-24(25-11-5-3-6-12-25)23-28(26-13-7-4-8-14-26)32(2)17-18-33-19-21-34(22-20-33)30-27-15-9-10-16-29(27)35-31-30/h3-16,23H,1,17-22H2,2H3/b28-23-. The van der Waals surface area contributed by atoms with Gasteiger partial charge in [-0.25, -0.2) is 0 Å². The molecular weight excluding hydrogens is 432 g/mol. The van der Waals surface area contributed by atoms with E-state index in [4.69, 9.17) is 4.52 Å². The van der Waals surface area contributed by atoms with Crippen molar-refractivity contribution in [1.82, 2.24) is 15.0 Å². The Kier molecular flexibility index (Phi) is 6.96. The van der Waals surface area contributed by atoms with Crippen molar-refractivity contribution in [2.24, 2.45) is 0 Å². The van der Waals surface area contributed by atoms with Crippen molar-refractivity contribution in [3.63, 3.8) is 0 Å². The number of fused-ring (bicyclic) bond motifs is 1. The third-order valence-corrected chi connectivity index (χ3v) is 6.72. The molecule has 0 atom stereocenters. The third kappa shape index (κ3) is 5.31. The van der Waals surface area contributed by atoms with E-state index in [1.165, 1.54) is 11.3 Å². The summed E-state index contributed by atoms with van der Waals surface area (Å²) in [6.45, 7) is 10.2. The lowest BCUT2D eigenvalue weighted by atomic mass is 10.0. The maximum atomic E-state index is 5.51. The Bertz CT molecular complexity index is 1290. The molecule has 5 nitrogen and oxygen atoms in total. The fraction of sp³-hybridized carbons (Fsp3) is 0.233. The van der Waals surface area contributed by atoms with E-state index in [1.54, 1.807) is 0 Å². The minimum Gasteiger partial charge on any atom is -0.373 e. The molecule has 0 spiro atoms. The Hall–Kier alpha value is -3.83. The molecular formula is C30H32N4O. The average molecular weight is 465 g/mol. The normalized spacial score (nSPS) is 14.9. The highest BCUT2D eigenvalue weighted by Gasteiger charge is 2.22. The van der Waals surface area contributed by atoms with Crippen molar-refractivity contribution in [2.75, 3.05) is 51.2 Å². The van der Waals surface area contributed by atoms with Gasteiger partial charge in [-0.2, -0.15) is 0 Å². The molecule has 1 aliphatic heterocycles. The van der Waals surface area contributed by atoms with Crippen LogP contribution in [0.25, 0.3) is 22.2 Å². The van der Waals surface area contributed by atoms with Crippen molar-refractivity contribution in [1.29, 1.82) is 0 Å². The van der Waals surface area contributed by atoms with Gasteiger partial charge in [-0.05, 0) is 34.9 Å². The highest BCUT2D eigenvalue weighted by Crippen LogP contribution is 2.27. The van der Waals surface area contributed by atoms with Gasteiger partial charge in [0.15, 0.2) is 11.4 Å². The Morgan fingerprint density at radius 1 is 0.886 bits per heavy atom. The molecule has 0 aliphatic carbocycles. The summed E-state index contributed by atoms with van der Waals surface area (Å²) >= 11 is 0. The highest BCUT2D eigenvalue weighted by molar-refractivity contribution is 5.88. The van der Waals surface area contributed by atoms with Gasteiger partial charge in [0.2, 0.25) is 0 Å². The van der Waals surface area contributed by atoms with Gasteiger partial charge in [-0.15, -0.1) is 0 Å². The third-order valence-electron chi connectivity index (χ3n) is 6.72. The second kappa shape index (κ2) is 10.6. The minimum absolute atomic E-state index is 0.851. The monoisotopic (exact) mass is 464 g/mol. The zero-order valence-corrected chi connectivity index (χ0v) is 20.3. The molecule has 4 aromatic rings. The van der Waals surface area contributed by atoms with E-state index in [9.17, 15) is 0 Å². The number of piperazine rings is 1. The van der Waals surface area contributed by atoms with E-state index in [1.807, 2.05) is 24.3 Å². The van der Waals surface area contributed by atoms with E-state index >= 15 is 0 Å². The fourth-order valence-corrected chi connectivity index (χ4v) is 4.62. The van der Waals surface area contributed by atoms with Crippen LogP contribution in [0.15, 0.2) is 102 Å². The summed E-state index contributed by atoms with van der Waals surface area (Å²) in [5, 5.41) is 5.43. The van der Waals surface area contributed by atoms with Gasteiger partial charge in [0, 0.05) is 52.0 Å². The van der Waals surface area contributed by atoms with E-state index in [0.717, 1.165) is 67.2 Å². The van der Waals surface area contributed by atoms with Gasteiger partial charge in [-0.3, -0.25) is 4.90 Å². The summed E-state index contributed by atoms with van der Waals surface area (Å²) in [6.07, 6.45) is 2.21. The molecule has 2 heterocycles. The fourth-order valence-electron chi connectivity index (χ4n) is 4.62. The van der Waals surface area contributed by atoms with Crippen molar-refractivity contribution in [2.45, 2.75) is 0 Å². The summed E-state index contributed by atoms with van der Waals surface area (Å²) in [7, 11) is 2.18. The summed E-state index contributed by atoms with van der Waals surface area (Å²) < 4.78 is 5.51. The predicted molar refractivity (Wildman–Crippen MR) is 145 cm³/mol. The smallest absolute Gasteiger partial charge is 0.180 e. The van der Waals surface area contributed by atoms with Crippen molar-refractivity contribution >= 4 is 28.1 Å². The topological polar surface area (TPSA) is 35.8 Å². The van der Waals surface area contributed by atoms with Crippen LogP contribution < -0.4 is 4.90 Å². The first-order valence-corrected chi connectivity index (χ1v) is 12.2. The van der Waals surface area contributed by atoms with E-state index in [-0.39, 0.29) is 0 Å². The number of anilines is 1. The summed E-state index contributed by atoms with van der Waals surface area (Å²) in [5.41, 5.74) is 5.40. The van der Waals surface area contributed by atoms with Crippen molar-refractivity contribution in [3.05, 3.63) is 109 Å². The van der Waals surface area contributed by atoms with Gasteiger partial charge in [0.05, 0.1) is 5.39 Å². The Morgan fingerprint density at radius 3 is 2.23 bits per heavy atom.